The summed E-state index contributed by atoms with van der Waals surface area (Å²) in [6.45, 7) is 3.77. The van der Waals surface area contributed by atoms with Crippen LogP contribution in [0.4, 0.5) is 0 Å². The van der Waals surface area contributed by atoms with Crippen molar-refractivity contribution in [3.8, 4) is 0 Å². The summed E-state index contributed by atoms with van der Waals surface area (Å²) in [7, 11) is 0. The molecule has 0 fully saturated rings. The van der Waals surface area contributed by atoms with Gasteiger partial charge in [-0.15, -0.1) is 0 Å². The van der Waals surface area contributed by atoms with Gasteiger partial charge in [-0.05, 0) is 6.58 Å². The van der Waals surface area contributed by atoms with Crippen LogP contribution in [0, 0.1) is 0 Å². The van der Waals surface area contributed by atoms with Gasteiger partial charge in [-0.25, -0.2) is 9.48 Å². The summed E-state index contributed by atoms with van der Waals surface area (Å²) in [5.74, 6) is -0.372. The Bertz CT molecular complexity index is 230. The summed E-state index contributed by atoms with van der Waals surface area (Å²) in [5.41, 5.74) is 5.04. The second-order valence-corrected chi connectivity index (χ2v) is 2.36. The van der Waals surface area contributed by atoms with Crippen LogP contribution in [-0.4, -0.2) is 23.3 Å². The van der Waals surface area contributed by atoms with Crippen LogP contribution in [0.2, 0.25) is 0 Å². The molecule has 0 aromatic rings. The minimum atomic E-state index is -0.372. The van der Waals surface area contributed by atoms with Crippen LogP contribution in [0.25, 0.3) is 0 Å². The summed E-state index contributed by atoms with van der Waals surface area (Å²) >= 11 is 0. The van der Waals surface area contributed by atoms with Gasteiger partial charge in [-0.1, -0.05) is 0 Å². The van der Waals surface area contributed by atoms with Gasteiger partial charge in [0.2, 0.25) is 0 Å². The first-order valence-electron chi connectivity index (χ1n) is 3.20. The van der Waals surface area contributed by atoms with Crippen LogP contribution < -0.4 is 5.73 Å². The standard InChI is InChI=1S/C7H9N3O/c1-2-10(5-7(8)11)4-3-9-6-10/h2-4,6H,1,5H2,(H-,8,11)/p+1. The molecule has 58 valence electrons. The van der Waals surface area contributed by atoms with Gasteiger partial charge in [0.05, 0.1) is 12.4 Å². The zero-order chi connectivity index (χ0) is 8.32. The molecule has 0 aromatic carbocycles. The number of nitrogens with zero attached hydrogens (tertiary/aromatic N) is 2. The average molecular weight is 152 g/mol. The third-order valence-electron chi connectivity index (χ3n) is 1.48. The quantitative estimate of drug-likeness (QED) is 0.566. The van der Waals surface area contributed by atoms with Crippen molar-refractivity contribution in [2.75, 3.05) is 6.54 Å². The number of carbonyl (C=O) groups excluding carboxylic acids is 1. The molecule has 2 N–H and O–H groups in total. The Labute approximate surface area is 64.9 Å². The Kier molecular flexibility index (Phi) is 1.87. The maximum atomic E-state index is 10.6. The van der Waals surface area contributed by atoms with Crippen molar-refractivity contribution >= 4 is 12.2 Å². The van der Waals surface area contributed by atoms with E-state index < -0.39 is 0 Å². The van der Waals surface area contributed by atoms with E-state index in [1.165, 1.54) is 0 Å². The highest BCUT2D eigenvalue weighted by molar-refractivity contribution is 5.76. The van der Waals surface area contributed by atoms with E-state index >= 15 is 0 Å². The molecule has 1 amide bonds. The molecule has 0 aromatic heterocycles. The Balaban J connectivity index is 2.77. The molecule has 1 unspecified atom stereocenters. The van der Waals surface area contributed by atoms with E-state index in [4.69, 9.17) is 5.73 Å². The van der Waals surface area contributed by atoms with Gasteiger partial charge in [-0.2, -0.15) is 0 Å². The number of carbonyl (C=O) groups is 1. The van der Waals surface area contributed by atoms with Gasteiger partial charge in [-0.3, -0.25) is 4.79 Å². The highest BCUT2D eigenvalue weighted by atomic mass is 16.1. The van der Waals surface area contributed by atoms with Crippen molar-refractivity contribution in [3.63, 3.8) is 0 Å². The van der Waals surface area contributed by atoms with Crippen molar-refractivity contribution < 1.29 is 9.28 Å². The molecule has 0 saturated carbocycles. The lowest BCUT2D eigenvalue weighted by Gasteiger charge is -2.19. The molecule has 1 atom stereocenters. The molecule has 0 bridgehead atoms. The number of hydrogen-bond acceptors (Lipinski definition) is 2. The second kappa shape index (κ2) is 2.67. The zero-order valence-electron chi connectivity index (χ0n) is 6.10. The van der Waals surface area contributed by atoms with Crippen molar-refractivity contribution in [2.24, 2.45) is 10.7 Å². The fraction of sp³-hybridized carbons (Fsp3) is 0.143. The number of quaternary nitrogens is 1. The molecule has 1 heterocycles. The van der Waals surface area contributed by atoms with E-state index in [2.05, 4.69) is 11.6 Å². The van der Waals surface area contributed by atoms with Crippen LogP contribution in [0.5, 0.6) is 0 Å². The fourth-order valence-corrected chi connectivity index (χ4v) is 0.900. The molecule has 1 aliphatic heterocycles. The number of rotatable bonds is 3. The molecule has 1 aliphatic rings. The summed E-state index contributed by atoms with van der Waals surface area (Å²) in [4.78, 5) is 14.4. The van der Waals surface area contributed by atoms with E-state index in [0.29, 0.717) is 0 Å². The van der Waals surface area contributed by atoms with E-state index in [1.807, 2.05) is 0 Å². The minimum Gasteiger partial charge on any atom is -0.365 e. The molecule has 0 radical (unpaired) electrons. The normalized spacial score (nSPS) is 27.3. The predicted octanol–water partition coefficient (Wildman–Crippen LogP) is -0.0549. The van der Waals surface area contributed by atoms with Gasteiger partial charge >= 0.3 is 0 Å². The maximum absolute atomic E-state index is 10.6. The summed E-state index contributed by atoms with van der Waals surface area (Å²) in [6.07, 6.45) is 6.58. The highest BCUT2D eigenvalue weighted by Crippen LogP contribution is 2.10. The van der Waals surface area contributed by atoms with E-state index in [-0.39, 0.29) is 16.9 Å². The van der Waals surface area contributed by atoms with Gasteiger partial charge in [0, 0.05) is 0 Å². The molecule has 4 nitrogen and oxygen atoms in total. The molecule has 11 heavy (non-hydrogen) atoms. The number of amides is 1. The molecule has 4 heteroatoms. The van der Waals surface area contributed by atoms with E-state index in [9.17, 15) is 4.79 Å². The third-order valence-corrected chi connectivity index (χ3v) is 1.48. The molecular weight excluding hydrogens is 142 g/mol. The van der Waals surface area contributed by atoms with Crippen LogP contribution in [0.15, 0.2) is 30.2 Å². The predicted molar refractivity (Wildman–Crippen MR) is 42.2 cm³/mol. The highest BCUT2D eigenvalue weighted by Gasteiger charge is 2.24. The Morgan fingerprint density at radius 3 is 2.91 bits per heavy atom. The van der Waals surface area contributed by atoms with E-state index in [1.54, 1.807) is 24.9 Å². The average Bonchev–Trinajstić information content (AvgIpc) is 2.36. The number of hydrogen-bond donors (Lipinski definition) is 1. The number of aliphatic imine (C=N–C) groups is 1. The van der Waals surface area contributed by atoms with Crippen molar-refractivity contribution in [1.82, 2.24) is 0 Å². The summed E-state index contributed by atoms with van der Waals surface area (Å²) in [6, 6.07) is 0. The fourth-order valence-electron chi connectivity index (χ4n) is 0.900. The van der Waals surface area contributed by atoms with Crippen LogP contribution in [0.1, 0.15) is 0 Å². The molecule has 1 rings (SSSR count). The first-order valence-corrected chi connectivity index (χ1v) is 3.20. The zero-order valence-corrected chi connectivity index (χ0v) is 6.10. The Morgan fingerprint density at radius 2 is 2.55 bits per heavy atom. The molecule has 0 aliphatic carbocycles. The molecular formula is C7H10N3O+. The lowest BCUT2D eigenvalue weighted by Crippen LogP contribution is -2.41. The Hall–Kier alpha value is -1.42. The van der Waals surface area contributed by atoms with Gasteiger partial charge in [0.25, 0.3) is 5.91 Å². The summed E-state index contributed by atoms with van der Waals surface area (Å²) in [5, 5.41) is 0. The lowest BCUT2D eigenvalue weighted by molar-refractivity contribution is -0.711. The van der Waals surface area contributed by atoms with Crippen LogP contribution in [-0.2, 0) is 4.79 Å². The van der Waals surface area contributed by atoms with Crippen LogP contribution in [0.3, 0.4) is 0 Å². The molecule has 0 saturated heterocycles. The minimum absolute atomic E-state index is 0.184. The van der Waals surface area contributed by atoms with Crippen molar-refractivity contribution in [3.05, 3.63) is 25.2 Å². The third kappa shape index (κ3) is 1.53. The summed E-state index contributed by atoms with van der Waals surface area (Å²) < 4.78 is 0.218. The first-order chi connectivity index (χ1) is 5.18. The SMILES string of the molecule is C=C[N+]1(CC(N)=O)C=CN=C1. The largest absolute Gasteiger partial charge is 0.365 e. The number of primary amides is 1. The van der Waals surface area contributed by atoms with E-state index in [0.717, 1.165) is 0 Å². The smallest absolute Gasteiger partial charge is 0.273 e. The second-order valence-electron chi connectivity index (χ2n) is 2.36. The van der Waals surface area contributed by atoms with Crippen molar-refractivity contribution in [2.45, 2.75) is 0 Å². The molecule has 0 spiro atoms. The van der Waals surface area contributed by atoms with Crippen molar-refractivity contribution in [1.29, 1.82) is 0 Å². The van der Waals surface area contributed by atoms with Crippen LogP contribution >= 0.6 is 0 Å². The van der Waals surface area contributed by atoms with Gasteiger partial charge in [0.1, 0.15) is 6.20 Å². The number of nitrogens with two attached hydrogens (primary N) is 1. The monoisotopic (exact) mass is 152 g/mol. The lowest BCUT2D eigenvalue weighted by atomic mass is 10.4. The van der Waals surface area contributed by atoms with Gasteiger partial charge < -0.3 is 5.73 Å². The Morgan fingerprint density at radius 1 is 1.82 bits per heavy atom. The van der Waals surface area contributed by atoms with Gasteiger partial charge in [0.15, 0.2) is 12.9 Å². The maximum Gasteiger partial charge on any atom is 0.273 e. The topological polar surface area (TPSA) is 55.5 Å². The first kappa shape index (κ1) is 7.68.